The van der Waals surface area contributed by atoms with Crippen molar-refractivity contribution in [3.8, 4) is 11.5 Å². The number of carbonyl (C=O) groups is 1. The van der Waals surface area contributed by atoms with Gasteiger partial charge in [-0.2, -0.15) is 0 Å². The minimum Gasteiger partial charge on any atom is -0.457 e. The molecule has 1 fully saturated rings. The second-order valence-electron chi connectivity index (χ2n) is 8.08. The van der Waals surface area contributed by atoms with Gasteiger partial charge in [0.2, 0.25) is 0 Å². The van der Waals surface area contributed by atoms with Crippen LogP contribution >= 0.6 is 0 Å². The van der Waals surface area contributed by atoms with E-state index in [2.05, 4.69) is 4.90 Å². The van der Waals surface area contributed by atoms with Crippen molar-refractivity contribution in [3.63, 3.8) is 0 Å². The standard InChI is InChI=1S/C27H29FN2O3/c28-26-13-5-4-12-25(26)27(31)30(15-7-14-29-16-18-32-19-17-29)21-22-8-6-11-24(20-22)33-23-9-2-1-3-10-23/h1-6,8-13,20H,7,14-19,21H2. The van der Waals surface area contributed by atoms with Gasteiger partial charge in [0.25, 0.3) is 5.91 Å². The topological polar surface area (TPSA) is 42.0 Å². The van der Waals surface area contributed by atoms with Gasteiger partial charge in [-0.15, -0.1) is 0 Å². The van der Waals surface area contributed by atoms with Gasteiger partial charge in [0.1, 0.15) is 17.3 Å². The van der Waals surface area contributed by atoms with Gasteiger partial charge < -0.3 is 14.4 Å². The fourth-order valence-corrected chi connectivity index (χ4v) is 3.92. The summed E-state index contributed by atoms with van der Waals surface area (Å²) in [5.74, 6) is 0.649. The lowest BCUT2D eigenvalue weighted by Gasteiger charge is -2.28. The first-order chi connectivity index (χ1) is 16.2. The molecule has 0 radical (unpaired) electrons. The van der Waals surface area contributed by atoms with Crippen LogP contribution in [0.25, 0.3) is 0 Å². The molecule has 6 heteroatoms. The molecule has 33 heavy (non-hydrogen) atoms. The molecule has 1 saturated heterocycles. The van der Waals surface area contributed by atoms with Crippen LogP contribution in [0.15, 0.2) is 78.9 Å². The van der Waals surface area contributed by atoms with Crippen molar-refractivity contribution in [1.29, 1.82) is 0 Å². The Balaban J connectivity index is 1.47. The second-order valence-corrected chi connectivity index (χ2v) is 8.08. The lowest BCUT2D eigenvalue weighted by atomic mass is 10.1. The summed E-state index contributed by atoms with van der Waals surface area (Å²) in [5.41, 5.74) is 1.03. The number of halogens is 1. The van der Waals surface area contributed by atoms with Crippen LogP contribution in [0.2, 0.25) is 0 Å². The zero-order chi connectivity index (χ0) is 22.9. The summed E-state index contributed by atoms with van der Waals surface area (Å²) < 4.78 is 25.7. The molecule has 3 aromatic rings. The van der Waals surface area contributed by atoms with Crippen molar-refractivity contribution in [1.82, 2.24) is 9.80 Å². The van der Waals surface area contributed by atoms with E-state index in [1.807, 2.05) is 54.6 Å². The van der Waals surface area contributed by atoms with E-state index >= 15 is 0 Å². The van der Waals surface area contributed by atoms with Crippen LogP contribution in [0, 0.1) is 5.82 Å². The highest BCUT2D eigenvalue weighted by atomic mass is 19.1. The summed E-state index contributed by atoms with van der Waals surface area (Å²) in [7, 11) is 0. The Hall–Kier alpha value is -3.22. The van der Waals surface area contributed by atoms with E-state index in [1.54, 1.807) is 23.1 Å². The molecule has 172 valence electrons. The maximum absolute atomic E-state index is 14.4. The van der Waals surface area contributed by atoms with Gasteiger partial charge in [-0.1, -0.05) is 42.5 Å². The lowest BCUT2D eigenvalue weighted by molar-refractivity contribution is 0.0355. The van der Waals surface area contributed by atoms with E-state index < -0.39 is 5.82 Å². The molecule has 0 bridgehead atoms. The van der Waals surface area contributed by atoms with Gasteiger partial charge in [0.15, 0.2) is 0 Å². The summed E-state index contributed by atoms with van der Waals surface area (Å²) in [5, 5.41) is 0. The molecule has 1 aliphatic heterocycles. The Bertz CT molecular complexity index is 1040. The van der Waals surface area contributed by atoms with Gasteiger partial charge in [-0.05, 0) is 48.4 Å². The average molecular weight is 449 g/mol. The number of hydrogen-bond donors (Lipinski definition) is 0. The van der Waals surface area contributed by atoms with Gasteiger partial charge in [-0.25, -0.2) is 4.39 Å². The summed E-state index contributed by atoms with van der Waals surface area (Å²) in [6.45, 7) is 5.08. The quantitative estimate of drug-likeness (QED) is 0.463. The summed E-state index contributed by atoms with van der Waals surface area (Å²) in [4.78, 5) is 17.3. The summed E-state index contributed by atoms with van der Waals surface area (Å²) >= 11 is 0. The first-order valence-corrected chi connectivity index (χ1v) is 11.3. The number of benzene rings is 3. The Kier molecular flexibility index (Phi) is 8.06. The van der Waals surface area contributed by atoms with Gasteiger partial charge in [0.05, 0.1) is 18.8 Å². The number of amides is 1. The largest absolute Gasteiger partial charge is 0.457 e. The number of carbonyl (C=O) groups excluding carboxylic acids is 1. The fraction of sp³-hybridized carbons (Fsp3) is 0.296. The van der Waals surface area contributed by atoms with Crippen LogP contribution in [0.3, 0.4) is 0 Å². The lowest BCUT2D eigenvalue weighted by Crippen LogP contribution is -2.39. The maximum Gasteiger partial charge on any atom is 0.257 e. The van der Waals surface area contributed by atoms with Crippen LogP contribution in [-0.4, -0.2) is 55.1 Å². The van der Waals surface area contributed by atoms with Crippen LogP contribution < -0.4 is 4.74 Å². The first-order valence-electron chi connectivity index (χ1n) is 11.3. The molecule has 0 unspecified atom stereocenters. The Morgan fingerprint density at radius 2 is 1.67 bits per heavy atom. The van der Waals surface area contributed by atoms with Crippen LogP contribution in [0.1, 0.15) is 22.3 Å². The molecule has 0 atom stereocenters. The van der Waals surface area contributed by atoms with Crippen molar-refractivity contribution < 1.29 is 18.7 Å². The fourth-order valence-electron chi connectivity index (χ4n) is 3.92. The van der Waals surface area contributed by atoms with Gasteiger partial charge in [0, 0.05) is 32.7 Å². The summed E-state index contributed by atoms with van der Waals surface area (Å²) in [6, 6.07) is 23.4. The van der Waals surface area contributed by atoms with Crippen molar-refractivity contribution in [3.05, 3.63) is 95.8 Å². The number of para-hydroxylation sites is 1. The highest BCUT2D eigenvalue weighted by molar-refractivity contribution is 5.94. The first kappa shape index (κ1) is 23.0. The predicted molar refractivity (Wildman–Crippen MR) is 126 cm³/mol. The molecule has 1 heterocycles. The zero-order valence-corrected chi connectivity index (χ0v) is 18.7. The molecule has 0 spiro atoms. The average Bonchev–Trinajstić information content (AvgIpc) is 2.85. The minimum absolute atomic E-state index is 0.0977. The molecular weight excluding hydrogens is 419 g/mol. The van der Waals surface area contributed by atoms with E-state index in [1.165, 1.54) is 6.07 Å². The second kappa shape index (κ2) is 11.6. The maximum atomic E-state index is 14.4. The molecule has 0 N–H and O–H groups in total. The highest BCUT2D eigenvalue weighted by Gasteiger charge is 2.20. The van der Waals surface area contributed by atoms with E-state index in [0.29, 0.717) is 18.8 Å². The molecule has 3 aromatic carbocycles. The van der Waals surface area contributed by atoms with Crippen LogP contribution in [0.5, 0.6) is 11.5 Å². The number of ether oxygens (including phenoxy) is 2. The smallest absolute Gasteiger partial charge is 0.257 e. The molecule has 1 amide bonds. The molecule has 0 aromatic heterocycles. The molecule has 1 aliphatic rings. The Labute approximate surface area is 194 Å². The molecule has 0 saturated carbocycles. The van der Waals surface area contributed by atoms with Crippen molar-refractivity contribution in [2.45, 2.75) is 13.0 Å². The monoisotopic (exact) mass is 448 g/mol. The van der Waals surface area contributed by atoms with Gasteiger partial charge >= 0.3 is 0 Å². The highest BCUT2D eigenvalue weighted by Crippen LogP contribution is 2.23. The van der Waals surface area contributed by atoms with E-state index in [0.717, 1.165) is 50.6 Å². The molecule has 5 nitrogen and oxygen atoms in total. The minimum atomic E-state index is -0.498. The SMILES string of the molecule is O=C(c1ccccc1F)N(CCCN1CCOCC1)Cc1cccc(Oc2ccccc2)c1. The third kappa shape index (κ3) is 6.63. The van der Waals surface area contributed by atoms with Crippen molar-refractivity contribution >= 4 is 5.91 Å². The summed E-state index contributed by atoms with van der Waals surface area (Å²) in [6.07, 6.45) is 0.806. The molecule has 0 aliphatic carbocycles. The van der Waals surface area contributed by atoms with Gasteiger partial charge in [-0.3, -0.25) is 9.69 Å². The van der Waals surface area contributed by atoms with Crippen LogP contribution in [-0.2, 0) is 11.3 Å². The number of nitrogens with zero attached hydrogens (tertiary/aromatic N) is 2. The van der Waals surface area contributed by atoms with Crippen molar-refractivity contribution in [2.24, 2.45) is 0 Å². The number of hydrogen-bond acceptors (Lipinski definition) is 4. The van der Waals surface area contributed by atoms with Crippen LogP contribution in [0.4, 0.5) is 4.39 Å². The van der Waals surface area contributed by atoms with E-state index in [-0.39, 0.29) is 11.5 Å². The third-order valence-corrected chi connectivity index (χ3v) is 5.65. The number of rotatable bonds is 9. The third-order valence-electron chi connectivity index (χ3n) is 5.65. The Morgan fingerprint density at radius 3 is 2.45 bits per heavy atom. The predicted octanol–water partition coefficient (Wildman–Crippen LogP) is 4.98. The normalized spacial score (nSPS) is 14.1. The zero-order valence-electron chi connectivity index (χ0n) is 18.7. The van der Waals surface area contributed by atoms with Crippen molar-refractivity contribution in [2.75, 3.05) is 39.4 Å². The molecular formula is C27H29FN2O3. The van der Waals surface area contributed by atoms with E-state index in [4.69, 9.17) is 9.47 Å². The van der Waals surface area contributed by atoms with E-state index in [9.17, 15) is 9.18 Å². The Morgan fingerprint density at radius 1 is 0.939 bits per heavy atom. The molecule has 4 rings (SSSR count). The number of morpholine rings is 1.